The maximum atomic E-state index is 12.6. The van der Waals surface area contributed by atoms with Crippen molar-refractivity contribution in [2.75, 3.05) is 19.6 Å². The van der Waals surface area contributed by atoms with Crippen molar-refractivity contribution in [3.63, 3.8) is 0 Å². The molecular formula is C23H29N3O2. The summed E-state index contributed by atoms with van der Waals surface area (Å²) < 4.78 is 0. The molecule has 0 spiro atoms. The van der Waals surface area contributed by atoms with Crippen LogP contribution < -0.4 is 5.32 Å². The van der Waals surface area contributed by atoms with Gasteiger partial charge in [0.15, 0.2) is 0 Å². The molecule has 0 aliphatic carbocycles. The van der Waals surface area contributed by atoms with Gasteiger partial charge in [0.05, 0.1) is 5.92 Å². The zero-order valence-electron chi connectivity index (χ0n) is 16.8. The Morgan fingerprint density at radius 2 is 2.07 bits per heavy atom. The van der Waals surface area contributed by atoms with Gasteiger partial charge in [-0.25, -0.2) is 0 Å². The summed E-state index contributed by atoms with van der Waals surface area (Å²) in [6, 6.07) is 12.2. The average molecular weight is 380 g/mol. The highest BCUT2D eigenvalue weighted by atomic mass is 16.2. The number of benzene rings is 1. The average Bonchev–Trinajstić information content (AvgIpc) is 2.70. The predicted molar refractivity (Wildman–Crippen MR) is 110 cm³/mol. The number of pyridine rings is 1. The topological polar surface area (TPSA) is 62.3 Å². The summed E-state index contributed by atoms with van der Waals surface area (Å²) in [5.41, 5.74) is 4.73. The first-order valence-electron chi connectivity index (χ1n) is 10.0. The maximum Gasteiger partial charge on any atom is 0.224 e. The number of carbonyl (C=O) groups excluding carboxylic acids is 2. The number of piperidine rings is 1. The van der Waals surface area contributed by atoms with E-state index in [1.54, 1.807) is 6.20 Å². The third kappa shape index (κ3) is 5.41. The number of likely N-dealkylation sites (tertiary alicyclic amines) is 1. The van der Waals surface area contributed by atoms with Crippen LogP contribution in [-0.4, -0.2) is 41.3 Å². The second-order valence-electron chi connectivity index (χ2n) is 7.62. The molecular weight excluding hydrogens is 350 g/mol. The second-order valence-corrected chi connectivity index (χ2v) is 7.62. The minimum absolute atomic E-state index is 0.0562. The molecule has 1 atom stereocenters. The lowest BCUT2D eigenvalue weighted by molar-refractivity contribution is -0.138. The van der Waals surface area contributed by atoms with Crippen LogP contribution >= 0.6 is 0 Å². The van der Waals surface area contributed by atoms with Crippen molar-refractivity contribution in [2.24, 2.45) is 5.92 Å². The summed E-state index contributed by atoms with van der Waals surface area (Å²) in [4.78, 5) is 31.0. The van der Waals surface area contributed by atoms with Gasteiger partial charge >= 0.3 is 0 Å². The van der Waals surface area contributed by atoms with Crippen LogP contribution in [0.3, 0.4) is 0 Å². The van der Waals surface area contributed by atoms with E-state index < -0.39 is 0 Å². The Morgan fingerprint density at radius 1 is 1.21 bits per heavy atom. The highest BCUT2D eigenvalue weighted by Crippen LogP contribution is 2.18. The molecule has 1 fully saturated rings. The lowest BCUT2D eigenvalue weighted by atomic mass is 9.96. The van der Waals surface area contributed by atoms with E-state index in [0.29, 0.717) is 38.9 Å². The molecule has 1 aliphatic rings. The quantitative estimate of drug-likeness (QED) is 0.805. The van der Waals surface area contributed by atoms with Gasteiger partial charge in [-0.3, -0.25) is 14.6 Å². The summed E-state index contributed by atoms with van der Waals surface area (Å²) in [5.74, 6) is 0.0658. The van der Waals surface area contributed by atoms with E-state index in [4.69, 9.17) is 0 Å². The van der Waals surface area contributed by atoms with E-state index in [1.807, 2.05) is 23.1 Å². The van der Waals surface area contributed by atoms with Crippen LogP contribution in [-0.2, 0) is 22.4 Å². The highest BCUT2D eigenvalue weighted by Gasteiger charge is 2.29. The van der Waals surface area contributed by atoms with Gasteiger partial charge in [-0.1, -0.05) is 29.8 Å². The first-order chi connectivity index (χ1) is 13.5. The Balaban J connectivity index is 1.48. The molecule has 1 aromatic carbocycles. The molecule has 1 N–H and O–H groups in total. The molecule has 0 unspecified atom stereocenters. The van der Waals surface area contributed by atoms with Crippen molar-refractivity contribution in [1.29, 1.82) is 0 Å². The number of hydrogen-bond acceptors (Lipinski definition) is 3. The fraction of sp³-hybridized carbons (Fsp3) is 0.435. The Hall–Kier alpha value is -2.69. The minimum Gasteiger partial charge on any atom is -0.355 e. The Bertz CT molecular complexity index is 820. The molecule has 1 aromatic heterocycles. The molecule has 2 amide bonds. The SMILES string of the molecule is Cc1ccc(C)c(CCNC(=O)[C@H]2CCC(=O)N(CCc3ccccn3)C2)c1. The first-order valence-corrected chi connectivity index (χ1v) is 10.0. The Kier molecular flexibility index (Phi) is 6.80. The van der Waals surface area contributed by atoms with E-state index in [2.05, 4.69) is 42.3 Å². The maximum absolute atomic E-state index is 12.6. The third-order valence-corrected chi connectivity index (χ3v) is 5.43. The van der Waals surface area contributed by atoms with Crippen molar-refractivity contribution < 1.29 is 9.59 Å². The van der Waals surface area contributed by atoms with Crippen molar-refractivity contribution in [2.45, 2.75) is 39.5 Å². The molecule has 2 heterocycles. The van der Waals surface area contributed by atoms with Gasteiger partial charge in [-0.2, -0.15) is 0 Å². The van der Waals surface area contributed by atoms with Gasteiger partial charge in [-0.15, -0.1) is 0 Å². The third-order valence-electron chi connectivity index (χ3n) is 5.43. The first kappa shape index (κ1) is 20.1. The van der Waals surface area contributed by atoms with Gasteiger partial charge in [-0.05, 0) is 49.9 Å². The standard InChI is InChI=1S/C23H29N3O2/c1-17-6-7-18(2)19(15-17)10-13-25-23(28)20-8-9-22(27)26(16-20)14-11-21-5-3-4-12-24-21/h3-7,12,15,20H,8-11,13-14,16H2,1-2H3,(H,25,28)/t20-/m0/s1. The predicted octanol–water partition coefficient (Wildman–Crippen LogP) is 2.84. The van der Waals surface area contributed by atoms with Crippen LogP contribution in [0.15, 0.2) is 42.6 Å². The molecule has 1 aliphatic heterocycles. The van der Waals surface area contributed by atoms with E-state index in [0.717, 1.165) is 12.1 Å². The molecule has 3 rings (SSSR count). The van der Waals surface area contributed by atoms with Gasteiger partial charge in [0.25, 0.3) is 0 Å². The lowest BCUT2D eigenvalue weighted by Crippen LogP contribution is -2.46. The second kappa shape index (κ2) is 9.49. The molecule has 5 heteroatoms. The zero-order chi connectivity index (χ0) is 19.9. The van der Waals surface area contributed by atoms with Gasteiger partial charge in [0.1, 0.15) is 0 Å². The molecule has 0 radical (unpaired) electrons. The lowest BCUT2D eigenvalue weighted by Gasteiger charge is -2.32. The summed E-state index contributed by atoms with van der Waals surface area (Å²) in [6.45, 7) is 5.92. The molecule has 148 valence electrons. The molecule has 5 nitrogen and oxygen atoms in total. The fourth-order valence-electron chi connectivity index (χ4n) is 3.67. The van der Waals surface area contributed by atoms with E-state index in [1.165, 1.54) is 16.7 Å². The summed E-state index contributed by atoms with van der Waals surface area (Å²) in [5, 5.41) is 3.07. The summed E-state index contributed by atoms with van der Waals surface area (Å²) in [7, 11) is 0. The zero-order valence-corrected chi connectivity index (χ0v) is 16.8. The van der Waals surface area contributed by atoms with Crippen LogP contribution in [0.5, 0.6) is 0 Å². The number of carbonyl (C=O) groups is 2. The molecule has 28 heavy (non-hydrogen) atoms. The number of aryl methyl sites for hydroxylation is 2. The molecule has 1 saturated heterocycles. The van der Waals surface area contributed by atoms with Crippen molar-refractivity contribution in [1.82, 2.24) is 15.2 Å². The largest absolute Gasteiger partial charge is 0.355 e. The van der Waals surface area contributed by atoms with E-state index >= 15 is 0 Å². The molecule has 2 aromatic rings. The Labute approximate surface area is 167 Å². The number of aromatic nitrogens is 1. The van der Waals surface area contributed by atoms with E-state index in [9.17, 15) is 9.59 Å². The number of amides is 2. The fourth-order valence-corrected chi connectivity index (χ4v) is 3.67. The van der Waals surface area contributed by atoms with E-state index in [-0.39, 0.29) is 17.7 Å². The molecule has 0 bridgehead atoms. The number of hydrogen-bond donors (Lipinski definition) is 1. The summed E-state index contributed by atoms with van der Waals surface area (Å²) >= 11 is 0. The number of nitrogens with zero attached hydrogens (tertiary/aromatic N) is 2. The summed E-state index contributed by atoms with van der Waals surface area (Å²) in [6.07, 6.45) is 4.38. The smallest absolute Gasteiger partial charge is 0.224 e. The number of rotatable bonds is 7. The van der Waals surface area contributed by atoms with Crippen LogP contribution in [0.2, 0.25) is 0 Å². The van der Waals surface area contributed by atoms with Crippen LogP contribution in [0.25, 0.3) is 0 Å². The molecule has 0 saturated carbocycles. The minimum atomic E-state index is -0.125. The van der Waals surface area contributed by atoms with Crippen molar-refractivity contribution in [3.05, 3.63) is 65.0 Å². The normalized spacial score (nSPS) is 16.9. The van der Waals surface area contributed by atoms with Crippen molar-refractivity contribution >= 4 is 11.8 Å². The van der Waals surface area contributed by atoms with Gasteiger partial charge < -0.3 is 10.2 Å². The van der Waals surface area contributed by atoms with Crippen molar-refractivity contribution in [3.8, 4) is 0 Å². The Morgan fingerprint density at radius 3 is 2.86 bits per heavy atom. The number of nitrogens with one attached hydrogen (secondary N) is 1. The monoisotopic (exact) mass is 379 g/mol. The van der Waals surface area contributed by atoms with Crippen LogP contribution in [0.1, 0.15) is 35.2 Å². The van der Waals surface area contributed by atoms with Crippen LogP contribution in [0, 0.1) is 19.8 Å². The van der Waals surface area contributed by atoms with Gasteiger partial charge in [0.2, 0.25) is 11.8 Å². The highest BCUT2D eigenvalue weighted by molar-refractivity contribution is 5.83. The van der Waals surface area contributed by atoms with Crippen LogP contribution in [0.4, 0.5) is 0 Å². The van der Waals surface area contributed by atoms with Gasteiger partial charge in [0, 0.05) is 44.4 Å².